The van der Waals surface area contributed by atoms with Crippen LogP contribution in [0.5, 0.6) is 0 Å². The molecule has 21 heavy (non-hydrogen) atoms. The number of hydrogen-bond acceptors (Lipinski definition) is 2. The smallest absolute Gasteiger partial charge is 0.182 e. The third kappa shape index (κ3) is 1.91. The van der Waals surface area contributed by atoms with E-state index < -0.39 is 5.79 Å². The van der Waals surface area contributed by atoms with Crippen LogP contribution in [0.3, 0.4) is 0 Å². The Bertz CT molecular complexity index is 530. The summed E-state index contributed by atoms with van der Waals surface area (Å²) in [6.45, 7) is 4.85. The Labute approximate surface area is 127 Å². The fourth-order valence-electron chi connectivity index (χ4n) is 6.03. The Morgan fingerprint density at radius 1 is 1.05 bits per heavy atom. The van der Waals surface area contributed by atoms with E-state index in [1.165, 1.54) is 38.5 Å². The van der Waals surface area contributed by atoms with Crippen molar-refractivity contribution in [3.8, 4) is 0 Å². The monoisotopic (exact) mass is 288 g/mol. The van der Waals surface area contributed by atoms with E-state index in [-0.39, 0.29) is 5.41 Å². The molecule has 0 heterocycles. The third-order valence-corrected chi connectivity index (χ3v) is 7.33. The molecule has 0 bridgehead atoms. The summed E-state index contributed by atoms with van der Waals surface area (Å²) in [4.78, 5) is 0. The van der Waals surface area contributed by atoms with Gasteiger partial charge in [-0.2, -0.15) is 0 Å². The Morgan fingerprint density at radius 2 is 1.86 bits per heavy atom. The molecule has 4 atom stereocenters. The first kappa shape index (κ1) is 14.0. The highest BCUT2D eigenvalue weighted by Crippen LogP contribution is 2.62. The SMILES string of the molecule is C[C@@]12CCCC1=C1CCC3CC(O)(O)C=C[C@]3(C)[C@H]1CC2. The van der Waals surface area contributed by atoms with Crippen molar-refractivity contribution in [1.82, 2.24) is 0 Å². The topological polar surface area (TPSA) is 40.5 Å². The number of rotatable bonds is 0. The van der Waals surface area contributed by atoms with Gasteiger partial charge in [-0.1, -0.05) is 31.1 Å². The maximum Gasteiger partial charge on any atom is 0.182 e. The predicted molar refractivity (Wildman–Crippen MR) is 83.5 cm³/mol. The van der Waals surface area contributed by atoms with Gasteiger partial charge in [0.05, 0.1) is 0 Å². The maximum atomic E-state index is 9.97. The molecule has 4 aliphatic rings. The van der Waals surface area contributed by atoms with E-state index in [1.807, 2.05) is 0 Å². The number of fused-ring (bicyclic) bond motifs is 4. The quantitative estimate of drug-likeness (QED) is 0.523. The summed E-state index contributed by atoms with van der Waals surface area (Å²) in [5.74, 6) is -0.520. The molecule has 0 aromatic heterocycles. The molecular weight excluding hydrogens is 260 g/mol. The van der Waals surface area contributed by atoms with Crippen molar-refractivity contribution in [2.75, 3.05) is 0 Å². The molecule has 0 aromatic carbocycles. The van der Waals surface area contributed by atoms with Crippen LogP contribution in [0.15, 0.2) is 23.3 Å². The predicted octanol–water partition coefficient (Wildman–Crippen LogP) is 3.94. The van der Waals surface area contributed by atoms with Gasteiger partial charge < -0.3 is 10.2 Å². The van der Waals surface area contributed by atoms with Gasteiger partial charge in [-0.25, -0.2) is 0 Å². The van der Waals surface area contributed by atoms with Gasteiger partial charge in [0.25, 0.3) is 0 Å². The molecule has 2 N–H and O–H groups in total. The van der Waals surface area contributed by atoms with E-state index in [0.29, 0.717) is 23.7 Å². The molecule has 1 unspecified atom stereocenters. The number of aliphatic hydroxyl groups is 2. The first-order valence-electron chi connectivity index (χ1n) is 8.72. The molecule has 0 saturated heterocycles. The maximum absolute atomic E-state index is 9.97. The van der Waals surface area contributed by atoms with E-state index in [4.69, 9.17) is 0 Å². The van der Waals surface area contributed by atoms with E-state index in [0.717, 1.165) is 6.42 Å². The van der Waals surface area contributed by atoms with Gasteiger partial charge in [-0.15, -0.1) is 0 Å². The average Bonchev–Trinajstić information content (AvgIpc) is 2.81. The molecule has 0 amide bonds. The third-order valence-electron chi connectivity index (χ3n) is 7.33. The summed E-state index contributed by atoms with van der Waals surface area (Å²) in [6, 6.07) is 0. The summed E-state index contributed by atoms with van der Waals surface area (Å²) >= 11 is 0. The Hall–Kier alpha value is -0.600. The minimum Gasteiger partial charge on any atom is -0.362 e. The molecule has 4 rings (SSSR count). The van der Waals surface area contributed by atoms with Crippen LogP contribution in [0.4, 0.5) is 0 Å². The Balaban J connectivity index is 1.77. The largest absolute Gasteiger partial charge is 0.362 e. The fraction of sp³-hybridized carbons (Fsp3) is 0.789. The van der Waals surface area contributed by atoms with E-state index in [9.17, 15) is 10.2 Å². The van der Waals surface area contributed by atoms with E-state index in [2.05, 4.69) is 19.9 Å². The van der Waals surface area contributed by atoms with Gasteiger partial charge in [0.15, 0.2) is 5.79 Å². The number of hydrogen-bond donors (Lipinski definition) is 2. The second-order valence-electron chi connectivity index (χ2n) is 8.53. The zero-order chi connectivity index (χ0) is 14.9. The second-order valence-corrected chi connectivity index (χ2v) is 8.53. The van der Waals surface area contributed by atoms with Crippen LogP contribution in [-0.2, 0) is 0 Å². The van der Waals surface area contributed by atoms with Crippen molar-refractivity contribution < 1.29 is 10.2 Å². The van der Waals surface area contributed by atoms with E-state index in [1.54, 1.807) is 17.2 Å². The van der Waals surface area contributed by atoms with Crippen molar-refractivity contribution in [1.29, 1.82) is 0 Å². The minimum atomic E-state index is -1.58. The van der Waals surface area contributed by atoms with Crippen LogP contribution in [0.2, 0.25) is 0 Å². The molecule has 0 aromatic rings. The first-order chi connectivity index (χ1) is 9.84. The van der Waals surface area contributed by atoms with Gasteiger partial charge in [0, 0.05) is 6.42 Å². The van der Waals surface area contributed by atoms with Gasteiger partial charge in [0.1, 0.15) is 0 Å². The molecule has 0 radical (unpaired) electrons. The Morgan fingerprint density at radius 3 is 2.67 bits per heavy atom. The molecule has 4 aliphatic carbocycles. The van der Waals surface area contributed by atoms with Gasteiger partial charge in [-0.3, -0.25) is 0 Å². The van der Waals surface area contributed by atoms with Crippen molar-refractivity contribution in [2.24, 2.45) is 22.7 Å². The molecule has 2 saturated carbocycles. The van der Waals surface area contributed by atoms with Crippen LogP contribution >= 0.6 is 0 Å². The lowest BCUT2D eigenvalue weighted by Gasteiger charge is -2.54. The van der Waals surface area contributed by atoms with Crippen LogP contribution in [0.25, 0.3) is 0 Å². The van der Waals surface area contributed by atoms with Crippen molar-refractivity contribution >= 4 is 0 Å². The standard InChI is InChI=1S/C19H28O2/c1-17-8-3-4-15(17)14-6-5-13-12-19(20,21)11-10-18(13,2)16(14)7-9-17/h10-11,13,16,20-21H,3-9,12H2,1-2H3/t13?,16-,17-,18-/m0/s1. The summed E-state index contributed by atoms with van der Waals surface area (Å²) in [5.41, 5.74) is 4.18. The molecular formula is C19H28O2. The van der Waals surface area contributed by atoms with Gasteiger partial charge in [-0.05, 0) is 73.7 Å². The first-order valence-corrected chi connectivity index (χ1v) is 8.72. The highest BCUT2D eigenvalue weighted by atomic mass is 16.5. The highest BCUT2D eigenvalue weighted by Gasteiger charge is 2.53. The lowest BCUT2D eigenvalue weighted by Crippen LogP contribution is -2.48. The van der Waals surface area contributed by atoms with Crippen molar-refractivity contribution in [3.63, 3.8) is 0 Å². The molecule has 0 spiro atoms. The normalized spacial score (nSPS) is 47.8. The molecule has 2 heteroatoms. The molecule has 2 fully saturated rings. The van der Waals surface area contributed by atoms with E-state index >= 15 is 0 Å². The lowest BCUT2D eigenvalue weighted by molar-refractivity contribution is -0.153. The highest BCUT2D eigenvalue weighted by molar-refractivity contribution is 5.35. The van der Waals surface area contributed by atoms with Crippen molar-refractivity contribution in [2.45, 2.75) is 71.0 Å². The van der Waals surface area contributed by atoms with Crippen LogP contribution in [0, 0.1) is 22.7 Å². The molecule has 0 aliphatic heterocycles. The summed E-state index contributed by atoms with van der Waals surface area (Å²) in [5, 5.41) is 19.9. The van der Waals surface area contributed by atoms with Crippen molar-refractivity contribution in [3.05, 3.63) is 23.3 Å². The number of allylic oxidation sites excluding steroid dienone is 3. The van der Waals surface area contributed by atoms with Crippen LogP contribution in [-0.4, -0.2) is 16.0 Å². The summed E-state index contributed by atoms with van der Waals surface area (Å²) < 4.78 is 0. The average molecular weight is 288 g/mol. The summed E-state index contributed by atoms with van der Waals surface area (Å²) in [7, 11) is 0. The Kier molecular flexibility index (Phi) is 2.83. The van der Waals surface area contributed by atoms with Gasteiger partial charge >= 0.3 is 0 Å². The fourth-order valence-corrected chi connectivity index (χ4v) is 6.03. The molecule has 2 nitrogen and oxygen atoms in total. The van der Waals surface area contributed by atoms with Gasteiger partial charge in [0.2, 0.25) is 0 Å². The summed E-state index contributed by atoms with van der Waals surface area (Å²) in [6.07, 6.45) is 13.3. The zero-order valence-corrected chi connectivity index (χ0v) is 13.4. The lowest BCUT2D eigenvalue weighted by atomic mass is 9.51. The molecule has 116 valence electrons. The minimum absolute atomic E-state index is 0.138. The van der Waals surface area contributed by atoms with Crippen LogP contribution in [0.1, 0.15) is 65.2 Å². The second kappa shape index (κ2) is 4.23. The van der Waals surface area contributed by atoms with Crippen LogP contribution < -0.4 is 0 Å². The zero-order valence-electron chi connectivity index (χ0n) is 13.4.